The van der Waals surface area contributed by atoms with E-state index in [0.717, 1.165) is 25.1 Å². The maximum absolute atomic E-state index is 10.3. The van der Waals surface area contributed by atoms with E-state index in [0.29, 0.717) is 6.54 Å². The summed E-state index contributed by atoms with van der Waals surface area (Å²) in [4.78, 5) is 2.23. The van der Waals surface area contributed by atoms with Gasteiger partial charge in [-0.3, -0.25) is 0 Å². The third-order valence-electron chi connectivity index (χ3n) is 3.76. The first-order valence-corrected chi connectivity index (χ1v) is 6.66. The second-order valence-electron chi connectivity index (χ2n) is 5.81. The van der Waals surface area contributed by atoms with Gasteiger partial charge in [-0.25, -0.2) is 0 Å². The smallest absolute Gasteiger partial charge is 0.0827 e. The van der Waals surface area contributed by atoms with E-state index in [4.69, 9.17) is 0 Å². The summed E-state index contributed by atoms with van der Waals surface area (Å²) in [5.74, 6) is 0.168. The van der Waals surface area contributed by atoms with E-state index in [1.165, 1.54) is 0 Å². The third-order valence-corrected chi connectivity index (χ3v) is 3.76. The first-order valence-electron chi connectivity index (χ1n) is 6.66. The fraction of sp³-hybridized carbons (Fsp3) is 0.600. The SMILES string of the molecule is CC(CN1CCC(C)(O)C1)C(O)c1ccccc1. The highest BCUT2D eigenvalue weighted by atomic mass is 16.3. The minimum atomic E-state index is -0.558. The molecule has 2 rings (SSSR count). The van der Waals surface area contributed by atoms with Gasteiger partial charge in [-0.1, -0.05) is 37.3 Å². The van der Waals surface area contributed by atoms with Crippen LogP contribution in [0.1, 0.15) is 31.9 Å². The summed E-state index contributed by atoms with van der Waals surface area (Å²) in [7, 11) is 0. The number of likely N-dealkylation sites (tertiary alicyclic amines) is 1. The summed E-state index contributed by atoms with van der Waals surface area (Å²) in [5, 5.41) is 20.2. The number of benzene rings is 1. The van der Waals surface area contributed by atoms with Gasteiger partial charge in [0.15, 0.2) is 0 Å². The van der Waals surface area contributed by atoms with Crippen molar-refractivity contribution in [2.24, 2.45) is 5.92 Å². The first-order chi connectivity index (χ1) is 8.48. The molecule has 1 aromatic rings. The third kappa shape index (κ3) is 3.31. The zero-order valence-electron chi connectivity index (χ0n) is 11.2. The molecule has 1 aromatic carbocycles. The second-order valence-corrected chi connectivity index (χ2v) is 5.81. The molecule has 0 spiro atoms. The summed E-state index contributed by atoms with van der Waals surface area (Å²) in [5.41, 5.74) is 0.410. The first kappa shape index (κ1) is 13.5. The Hall–Kier alpha value is -0.900. The molecule has 1 fully saturated rings. The molecule has 3 nitrogen and oxygen atoms in total. The lowest BCUT2D eigenvalue weighted by Gasteiger charge is -2.25. The Morgan fingerprint density at radius 2 is 2.00 bits per heavy atom. The van der Waals surface area contributed by atoms with Crippen LogP contribution in [0.2, 0.25) is 0 Å². The van der Waals surface area contributed by atoms with E-state index >= 15 is 0 Å². The monoisotopic (exact) mass is 249 g/mol. The van der Waals surface area contributed by atoms with Crippen LogP contribution in [-0.2, 0) is 0 Å². The van der Waals surface area contributed by atoms with E-state index in [-0.39, 0.29) is 5.92 Å². The number of nitrogens with zero attached hydrogens (tertiary/aromatic N) is 1. The summed E-state index contributed by atoms with van der Waals surface area (Å²) in [6.45, 7) is 6.39. The van der Waals surface area contributed by atoms with Crippen LogP contribution in [0.3, 0.4) is 0 Å². The predicted octanol–water partition coefficient (Wildman–Crippen LogP) is 1.81. The minimum absolute atomic E-state index is 0.168. The number of hydrogen-bond donors (Lipinski definition) is 2. The van der Waals surface area contributed by atoms with Gasteiger partial charge < -0.3 is 15.1 Å². The van der Waals surface area contributed by atoms with Crippen LogP contribution < -0.4 is 0 Å². The average molecular weight is 249 g/mol. The van der Waals surface area contributed by atoms with Gasteiger partial charge in [-0.2, -0.15) is 0 Å². The van der Waals surface area contributed by atoms with Crippen LogP contribution in [0.5, 0.6) is 0 Å². The Bertz CT molecular complexity index is 377. The molecular formula is C15H23NO2. The number of aliphatic hydroxyl groups is 2. The highest BCUT2D eigenvalue weighted by molar-refractivity contribution is 5.17. The van der Waals surface area contributed by atoms with Crippen molar-refractivity contribution in [3.63, 3.8) is 0 Å². The van der Waals surface area contributed by atoms with Crippen molar-refractivity contribution in [3.8, 4) is 0 Å². The van der Waals surface area contributed by atoms with E-state index < -0.39 is 11.7 Å². The molecule has 0 radical (unpaired) electrons. The van der Waals surface area contributed by atoms with Crippen molar-refractivity contribution in [1.82, 2.24) is 4.90 Å². The highest BCUT2D eigenvalue weighted by Crippen LogP contribution is 2.26. The summed E-state index contributed by atoms with van der Waals surface area (Å²) >= 11 is 0. The fourth-order valence-corrected chi connectivity index (χ4v) is 2.68. The molecule has 1 aliphatic heterocycles. The van der Waals surface area contributed by atoms with Crippen molar-refractivity contribution < 1.29 is 10.2 Å². The van der Waals surface area contributed by atoms with Gasteiger partial charge in [0.05, 0.1) is 11.7 Å². The van der Waals surface area contributed by atoms with Crippen LogP contribution >= 0.6 is 0 Å². The summed E-state index contributed by atoms with van der Waals surface area (Å²) < 4.78 is 0. The van der Waals surface area contributed by atoms with Gasteiger partial charge in [-0.15, -0.1) is 0 Å². The van der Waals surface area contributed by atoms with Crippen molar-refractivity contribution >= 4 is 0 Å². The fourth-order valence-electron chi connectivity index (χ4n) is 2.68. The molecule has 0 saturated carbocycles. The maximum atomic E-state index is 10.3. The van der Waals surface area contributed by atoms with Crippen molar-refractivity contribution in [2.45, 2.75) is 32.0 Å². The van der Waals surface area contributed by atoms with Gasteiger partial charge in [0.25, 0.3) is 0 Å². The van der Waals surface area contributed by atoms with Crippen molar-refractivity contribution in [1.29, 1.82) is 0 Å². The lowest BCUT2D eigenvalue weighted by atomic mass is 9.97. The molecule has 100 valence electrons. The molecule has 3 unspecified atom stereocenters. The molecular weight excluding hydrogens is 226 g/mol. The van der Waals surface area contributed by atoms with Gasteiger partial charge in [0.2, 0.25) is 0 Å². The van der Waals surface area contributed by atoms with Crippen molar-refractivity contribution in [2.75, 3.05) is 19.6 Å². The maximum Gasteiger partial charge on any atom is 0.0827 e. The summed E-state index contributed by atoms with van der Waals surface area (Å²) in [6.07, 6.45) is 0.387. The molecule has 0 amide bonds. The van der Waals surface area contributed by atoms with Crippen LogP contribution in [-0.4, -0.2) is 40.3 Å². The standard InChI is InChI=1S/C15H23NO2/c1-12(10-16-9-8-15(2,18)11-16)14(17)13-6-4-3-5-7-13/h3-7,12,14,17-18H,8-11H2,1-2H3. The van der Waals surface area contributed by atoms with Gasteiger partial charge in [0, 0.05) is 19.6 Å². The summed E-state index contributed by atoms with van der Waals surface area (Å²) in [6, 6.07) is 9.78. The van der Waals surface area contributed by atoms with Crippen LogP contribution in [0.15, 0.2) is 30.3 Å². The Labute approximate surface area is 109 Å². The Morgan fingerprint density at radius 1 is 1.33 bits per heavy atom. The molecule has 0 aromatic heterocycles. The largest absolute Gasteiger partial charge is 0.389 e. The molecule has 2 N–H and O–H groups in total. The molecule has 3 atom stereocenters. The van der Waals surface area contributed by atoms with Gasteiger partial charge in [0.1, 0.15) is 0 Å². The molecule has 0 aliphatic carbocycles. The van der Waals surface area contributed by atoms with Gasteiger partial charge in [-0.05, 0) is 24.8 Å². The zero-order valence-corrected chi connectivity index (χ0v) is 11.2. The molecule has 1 heterocycles. The van der Waals surface area contributed by atoms with E-state index in [1.54, 1.807) is 0 Å². The molecule has 0 bridgehead atoms. The zero-order chi connectivity index (χ0) is 13.2. The predicted molar refractivity (Wildman–Crippen MR) is 72.2 cm³/mol. The highest BCUT2D eigenvalue weighted by Gasteiger charge is 2.32. The lowest BCUT2D eigenvalue weighted by Crippen LogP contribution is -2.33. The molecule has 1 saturated heterocycles. The molecule has 3 heteroatoms. The number of β-amino-alcohol motifs (C(OH)–C–C–N with tert-alkyl or cyclic N) is 1. The normalized spacial score (nSPS) is 28.2. The topological polar surface area (TPSA) is 43.7 Å². The molecule has 1 aliphatic rings. The molecule has 18 heavy (non-hydrogen) atoms. The number of rotatable bonds is 4. The van der Waals surface area contributed by atoms with E-state index in [1.807, 2.05) is 37.3 Å². The number of hydrogen-bond acceptors (Lipinski definition) is 3. The lowest BCUT2D eigenvalue weighted by molar-refractivity contribution is 0.0559. The second kappa shape index (κ2) is 5.39. The van der Waals surface area contributed by atoms with E-state index in [9.17, 15) is 10.2 Å². The Kier molecular flexibility index (Phi) is 4.05. The Morgan fingerprint density at radius 3 is 2.56 bits per heavy atom. The quantitative estimate of drug-likeness (QED) is 0.855. The van der Waals surface area contributed by atoms with Crippen LogP contribution in [0, 0.1) is 5.92 Å². The average Bonchev–Trinajstić information content (AvgIpc) is 2.68. The van der Waals surface area contributed by atoms with Gasteiger partial charge >= 0.3 is 0 Å². The number of aliphatic hydroxyl groups excluding tert-OH is 1. The van der Waals surface area contributed by atoms with E-state index in [2.05, 4.69) is 11.8 Å². The van der Waals surface area contributed by atoms with Crippen LogP contribution in [0.25, 0.3) is 0 Å². The Balaban J connectivity index is 1.90. The van der Waals surface area contributed by atoms with Crippen molar-refractivity contribution in [3.05, 3.63) is 35.9 Å². The van der Waals surface area contributed by atoms with Crippen LogP contribution in [0.4, 0.5) is 0 Å². The minimum Gasteiger partial charge on any atom is -0.389 e.